The van der Waals surface area contributed by atoms with Crippen LogP contribution in [0.3, 0.4) is 0 Å². The summed E-state index contributed by atoms with van der Waals surface area (Å²) in [7, 11) is 0. The molecule has 0 saturated heterocycles. The van der Waals surface area contributed by atoms with Crippen LogP contribution in [0, 0.1) is 0 Å². The molecule has 1 aliphatic rings. The van der Waals surface area contributed by atoms with E-state index >= 15 is 0 Å². The lowest BCUT2D eigenvalue weighted by Crippen LogP contribution is -1.84. The lowest BCUT2D eigenvalue weighted by atomic mass is 10.5. The normalized spacial score (nSPS) is 14.9. The molecule has 2 heteroatoms. The van der Waals surface area contributed by atoms with E-state index in [1.807, 2.05) is 0 Å². The van der Waals surface area contributed by atoms with Gasteiger partial charge < -0.3 is 4.74 Å². The molecule has 0 fully saturated rings. The van der Waals surface area contributed by atoms with E-state index in [9.17, 15) is 0 Å². The van der Waals surface area contributed by atoms with Crippen molar-refractivity contribution in [3.8, 4) is 0 Å². The minimum atomic E-state index is 0.276. The fourth-order valence-corrected chi connectivity index (χ4v) is 0.416. The van der Waals surface area contributed by atoms with E-state index in [1.165, 1.54) is 5.57 Å². The van der Waals surface area contributed by atoms with Crippen molar-refractivity contribution < 1.29 is 4.74 Å². The predicted octanol–water partition coefficient (Wildman–Crippen LogP) is 2.04. The molecule has 0 aliphatic heterocycles. The molecule has 0 saturated carbocycles. The van der Waals surface area contributed by atoms with Crippen molar-refractivity contribution in [1.29, 1.82) is 0 Å². The summed E-state index contributed by atoms with van der Waals surface area (Å²) >= 11 is 5.31. The average Bonchev–Trinajstić information content (AvgIpc) is 2.41. The zero-order valence-corrected chi connectivity index (χ0v) is 5.24. The van der Waals surface area contributed by atoms with Gasteiger partial charge >= 0.3 is 0 Å². The summed E-state index contributed by atoms with van der Waals surface area (Å²) in [6.45, 7) is 4.00. The van der Waals surface area contributed by atoms with Crippen molar-refractivity contribution in [2.45, 2.75) is 6.42 Å². The molecule has 0 aromatic heterocycles. The van der Waals surface area contributed by atoms with Gasteiger partial charge in [0.25, 0.3) is 0 Å². The van der Waals surface area contributed by atoms with Crippen LogP contribution in [0.4, 0.5) is 0 Å². The third-order valence-electron chi connectivity index (χ3n) is 0.907. The Hall–Kier alpha value is -0.430. The standard InChI is InChI=1S/C6H7ClO/c1-5(7)8-4-6-2-3-6/h2H,1,3-4H2. The first-order chi connectivity index (χ1) is 3.79. The first kappa shape index (κ1) is 5.70. The van der Waals surface area contributed by atoms with Crippen molar-refractivity contribution >= 4 is 11.6 Å². The molecule has 0 heterocycles. The SMILES string of the molecule is C=C(Cl)OCC1=CC1. The summed E-state index contributed by atoms with van der Waals surface area (Å²) in [5, 5.41) is 0.276. The van der Waals surface area contributed by atoms with Gasteiger partial charge in [0.15, 0.2) is 5.22 Å². The second kappa shape index (κ2) is 2.23. The molecule has 0 radical (unpaired) electrons. The lowest BCUT2D eigenvalue weighted by molar-refractivity contribution is 0.271. The first-order valence-electron chi connectivity index (χ1n) is 2.44. The second-order valence-corrected chi connectivity index (χ2v) is 2.13. The van der Waals surface area contributed by atoms with E-state index in [0.717, 1.165) is 6.42 Å². The van der Waals surface area contributed by atoms with Crippen LogP contribution in [-0.2, 0) is 4.74 Å². The summed E-state index contributed by atoms with van der Waals surface area (Å²) in [5.74, 6) is 0. The van der Waals surface area contributed by atoms with E-state index < -0.39 is 0 Å². The maximum atomic E-state index is 5.31. The minimum Gasteiger partial charge on any atom is -0.479 e. The van der Waals surface area contributed by atoms with E-state index in [2.05, 4.69) is 12.7 Å². The van der Waals surface area contributed by atoms with Gasteiger partial charge in [0.1, 0.15) is 6.61 Å². The smallest absolute Gasteiger partial charge is 0.179 e. The summed E-state index contributed by atoms with van der Waals surface area (Å²) in [6, 6.07) is 0. The van der Waals surface area contributed by atoms with Gasteiger partial charge in [-0.25, -0.2) is 0 Å². The maximum Gasteiger partial charge on any atom is 0.179 e. The molecule has 1 rings (SSSR count). The van der Waals surface area contributed by atoms with Crippen LogP contribution in [-0.4, -0.2) is 6.61 Å². The highest BCUT2D eigenvalue weighted by molar-refractivity contribution is 6.27. The first-order valence-corrected chi connectivity index (χ1v) is 2.82. The largest absolute Gasteiger partial charge is 0.479 e. The summed E-state index contributed by atoms with van der Waals surface area (Å²) in [6.07, 6.45) is 3.18. The molecule has 44 valence electrons. The molecule has 0 atom stereocenters. The molecule has 0 aromatic carbocycles. The van der Waals surface area contributed by atoms with Crippen LogP contribution >= 0.6 is 11.6 Å². The summed E-state index contributed by atoms with van der Waals surface area (Å²) in [5.41, 5.74) is 1.31. The van der Waals surface area contributed by atoms with Crippen molar-refractivity contribution in [1.82, 2.24) is 0 Å². The number of hydrogen-bond donors (Lipinski definition) is 0. The molecule has 1 aliphatic carbocycles. The molecule has 0 bridgehead atoms. The second-order valence-electron chi connectivity index (χ2n) is 1.71. The molecule has 1 nitrogen and oxygen atoms in total. The Bertz CT molecular complexity index is 135. The van der Waals surface area contributed by atoms with Crippen molar-refractivity contribution in [3.63, 3.8) is 0 Å². The Kier molecular flexibility index (Phi) is 1.59. The Morgan fingerprint density at radius 1 is 2.00 bits per heavy atom. The number of ether oxygens (including phenoxy) is 1. The minimum absolute atomic E-state index is 0.276. The zero-order chi connectivity index (χ0) is 5.98. The van der Waals surface area contributed by atoms with Crippen LogP contribution in [0.15, 0.2) is 23.4 Å². The van der Waals surface area contributed by atoms with E-state index in [-0.39, 0.29) is 5.22 Å². The van der Waals surface area contributed by atoms with E-state index in [4.69, 9.17) is 16.3 Å². The number of halogens is 1. The van der Waals surface area contributed by atoms with Gasteiger partial charge in [-0.15, -0.1) is 0 Å². The monoisotopic (exact) mass is 130 g/mol. The van der Waals surface area contributed by atoms with Crippen molar-refractivity contribution in [3.05, 3.63) is 23.4 Å². The van der Waals surface area contributed by atoms with Gasteiger partial charge in [-0.1, -0.05) is 6.08 Å². The fourth-order valence-electron chi connectivity index (χ4n) is 0.361. The highest BCUT2D eigenvalue weighted by Gasteiger charge is 2.06. The van der Waals surface area contributed by atoms with Gasteiger partial charge in [-0.05, 0) is 30.2 Å². The van der Waals surface area contributed by atoms with Gasteiger partial charge in [-0.3, -0.25) is 0 Å². The quantitative estimate of drug-likeness (QED) is 0.420. The molecule has 8 heavy (non-hydrogen) atoms. The molecule has 0 unspecified atom stereocenters. The topological polar surface area (TPSA) is 9.23 Å². The third kappa shape index (κ3) is 2.03. The van der Waals surface area contributed by atoms with Gasteiger partial charge in [0, 0.05) is 0 Å². The Morgan fingerprint density at radius 3 is 3.00 bits per heavy atom. The van der Waals surface area contributed by atoms with Crippen molar-refractivity contribution in [2.75, 3.05) is 6.61 Å². The van der Waals surface area contributed by atoms with E-state index in [0.29, 0.717) is 6.61 Å². The van der Waals surface area contributed by atoms with Gasteiger partial charge in [-0.2, -0.15) is 0 Å². The molecule has 0 N–H and O–H groups in total. The summed E-state index contributed by atoms with van der Waals surface area (Å²) in [4.78, 5) is 0. The molecule has 0 spiro atoms. The van der Waals surface area contributed by atoms with Crippen LogP contribution in [0.1, 0.15) is 6.42 Å². The number of allylic oxidation sites excluding steroid dienone is 1. The van der Waals surface area contributed by atoms with Crippen LogP contribution in [0.5, 0.6) is 0 Å². The predicted molar refractivity (Wildman–Crippen MR) is 33.6 cm³/mol. The zero-order valence-electron chi connectivity index (χ0n) is 4.48. The van der Waals surface area contributed by atoms with Gasteiger partial charge in [0.2, 0.25) is 0 Å². The molecular weight excluding hydrogens is 124 g/mol. The number of rotatable bonds is 3. The summed E-state index contributed by atoms with van der Waals surface area (Å²) < 4.78 is 4.87. The maximum absolute atomic E-state index is 5.31. The van der Waals surface area contributed by atoms with Crippen LogP contribution < -0.4 is 0 Å². The third-order valence-corrected chi connectivity index (χ3v) is 1.02. The van der Waals surface area contributed by atoms with Crippen LogP contribution in [0.2, 0.25) is 0 Å². The van der Waals surface area contributed by atoms with Gasteiger partial charge in [0.05, 0.1) is 0 Å². The van der Waals surface area contributed by atoms with E-state index in [1.54, 1.807) is 0 Å². The Balaban J connectivity index is 2.04. The molecule has 0 aromatic rings. The van der Waals surface area contributed by atoms with Crippen molar-refractivity contribution in [2.24, 2.45) is 0 Å². The molecular formula is C6H7ClO. The highest BCUT2D eigenvalue weighted by atomic mass is 35.5. The van der Waals surface area contributed by atoms with Crippen LogP contribution in [0.25, 0.3) is 0 Å². The highest BCUT2D eigenvalue weighted by Crippen LogP contribution is 2.19. The Labute approximate surface area is 53.6 Å². The lowest BCUT2D eigenvalue weighted by Gasteiger charge is -1.96. The average molecular weight is 131 g/mol. The fraction of sp³-hybridized carbons (Fsp3) is 0.333. The molecule has 0 amide bonds. The number of hydrogen-bond acceptors (Lipinski definition) is 1. The Morgan fingerprint density at radius 2 is 2.62 bits per heavy atom.